The average molecular weight is 310 g/mol. The molecule has 0 aliphatic carbocycles. The Bertz CT molecular complexity index is 614. The van der Waals surface area contributed by atoms with Crippen LogP contribution in [-0.2, 0) is 4.79 Å². The Hall–Kier alpha value is -1.71. The van der Waals surface area contributed by atoms with Crippen molar-refractivity contribution in [2.75, 3.05) is 12.4 Å². The van der Waals surface area contributed by atoms with Gasteiger partial charge in [-0.25, -0.2) is 0 Å². The molecule has 20 heavy (non-hydrogen) atoms. The number of hydrogen-bond donors (Lipinski definition) is 1. The number of ether oxygens (including phenoxy) is 1. The van der Waals surface area contributed by atoms with Gasteiger partial charge in [0.2, 0.25) is 0 Å². The molecule has 0 aromatic heterocycles. The fourth-order valence-corrected chi connectivity index (χ4v) is 1.95. The van der Waals surface area contributed by atoms with Crippen molar-refractivity contribution in [1.29, 1.82) is 0 Å². The summed E-state index contributed by atoms with van der Waals surface area (Å²) in [6.45, 7) is 0. The summed E-state index contributed by atoms with van der Waals surface area (Å²) in [6.07, 6.45) is 0. The molecular formula is C15H13Cl2NO2. The normalized spacial score (nSPS) is 10.4. The van der Waals surface area contributed by atoms with Crippen LogP contribution in [0.15, 0.2) is 48.5 Å². The van der Waals surface area contributed by atoms with E-state index in [9.17, 15) is 4.79 Å². The van der Waals surface area contributed by atoms with E-state index in [1.54, 1.807) is 13.2 Å². The van der Waals surface area contributed by atoms with E-state index in [-0.39, 0.29) is 0 Å². The molecule has 0 radical (unpaired) electrons. The van der Waals surface area contributed by atoms with E-state index in [2.05, 4.69) is 5.32 Å². The van der Waals surface area contributed by atoms with Crippen molar-refractivity contribution >= 4 is 34.8 Å². The highest BCUT2D eigenvalue weighted by molar-refractivity contribution is 6.54. The lowest BCUT2D eigenvalue weighted by Gasteiger charge is -2.10. The second-order valence-corrected chi connectivity index (χ2v) is 5.17. The van der Waals surface area contributed by atoms with Gasteiger partial charge in [0.25, 0.3) is 5.91 Å². The minimum absolute atomic E-state index is 0.453. The molecule has 1 amide bonds. The molecule has 2 rings (SSSR count). The molecule has 0 saturated heterocycles. The molecule has 1 N–H and O–H groups in total. The molecule has 0 atom stereocenters. The SMILES string of the molecule is COc1ccccc1-c1cccc(NC(=O)C(Cl)Cl)c1. The van der Waals surface area contributed by atoms with Gasteiger partial charge in [-0.2, -0.15) is 0 Å². The predicted octanol–water partition coefficient (Wildman–Crippen LogP) is 4.10. The fraction of sp³-hybridized carbons (Fsp3) is 0.133. The predicted molar refractivity (Wildman–Crippen MR) is 82.6 cm³/mol. The van der Waals surface area contributed by atoms with E-state index in [0.717, 1.165) is 16.9 Å². The molecule has 0 saturated carbocycles. The Morgan fingerprint density at radius 2 is 1.90 bits per heavy atom. The molecule has 0 heterocycles. The van der Waals surface area contributed by atoms with Crippen molar-refractivity contribution in [2.45, 2.75) is 4.84 Å². The van der Waals surface area contributed by atoms with Crippen LogP contribution in [0.1, 0.15) is 0 Å². The number of anilines is 1. The van der Waals surface area contributed by atoms with Gasteiger partial charge in [0.05, 0.1) is 7.11 Å². The lowest BCUT2D eigenvalue weighted by Crippen LogP contribution is -2.18. The summed E-state index contributed by atoms with van der Waals surface area (Å²) >= 11 is 11.0. The molecule has 0 aliphatic heterocycles. The third kappa shape index (κ3) is 3.44. The van der Waals surface area contributed by atoms with Gasteiger partial charge in [0.15, 0.2) is 4.84 Å². The summed E-state index contributed by atoms with van der Waals surface area (Å²) in [5, 5.41) is 2.65. The van der Waals surface area contributed by atoms with Crippen molar-refractivity contribution in [1.82, 2.24) is 0 Å². The number of nitrogens with one attached hydrogen (secondary N) is 1. The maximum absolute atomic E-state index is 11.5. The van der Waals surface area contributed by atoms with Crippen LogP contribution in [0.5, 0.6) is 5.75 Å². The molecule has 3 nitrogen and oxygen atoms in total. The van der Waals surface area contributed by atoms with Crippen LogP contribution < -0.4 is 10.1 Å². The molecule has 0 unspecified atom stereocenters. The molecule has 2 aromatic carbocycles. The Labute approximate surface area is 127 Å². The number of benzene rings is 2. The number of para-hydroxylation sites is 1. The maximum atomic E-state index is 11.5. The summed E-state index contributed by atoms with van der Waals surface area (Å²) < 4.78 is 5.33. The topological polar surface area (TPSA) is 38.3 Å². The number of alkyl halides is 2. The second kappa shape index (κ2) is 6.64. The number of carbonyl (C=O) groups excluding carboxylic acids is 1. The molecular weight excluding hydrogens is 297 g/mol. The Kier molecular flexibility index (Phi) is 4.88. The second-order valence-electron chi connectivity index (χ2n) is 4.07. The van der Waals surface area contributed by atoms with Gasteiger partial charge in [0.1, 0.15) is 5.75 Å². The number of amides is 1. The van der Waals surface area contributed by atoms with Gasteiger partial charge >= 0.3 is 0 Å². The minimum atomic E-state index is -1.09. The zero-order chi connectivity index (χ0) is 14.5. The lowest BCUT2D eigenvalue weighted by molar-refractivity contribution is -0.114. The third-order valence-electron chi connectivity index (χ3n) is 2.75. The van der Waals surface area contributed by atoms with Crippen molar-refractivity contribution in [2.24, 2.45) is 0 Å². The van der Waals surface area contributed by atoms with E-state index < -0.39 is 10.7 Å². The summed E-state index contributed by atoms with van der Waals surface area (Å²) in [5.41, 5.74) is 2.50. The highest BCUT2D eigenvalue weighted by Crippen LogP contribution is 2.31. The number of carbonyl (C=O) groups is 1. The van der Waals surface area contributed by atoms with Crippen LogP contribution in [0.4, 0.5) is 5.69 Å². The molecule has 5 heteroatoms. The largest absolute Gasteiger partial charge is 0.496 e. The van der Waals surface area contributed by atoms with Gasteiger partial charge in [-0.3, -0.25) is 4.79 Å². The molecule has 0 bridgehead atoms. The molecule has 104 valence electrons. The maximum Gasteiger partial charge on any atom is 0.257 e. The monoisotopic (exact) mass is 309 g/mol. The molecule has 0 aliphatic rings. The van der Waals surface area contributed by atoms with Crippen molar-refractivity contribution in [3.05, 3.63) is 48.5 Å². The Morgan fingerprint density at radius 3 is 2.60 bits per heavy atom. The van der Waals surface area contributed by atoms with Crippen LogP contribution in [0.2, 0.25) is 0 Å². The van der Waals surface area contributed by atoms with E-state index in [4.69, 9.17) is 27.9 Å². The number of halogens is 2. The first-order chi connectivity index (χ1) is 9.61. The van der Waals surface area contributed by atoms with Crippen molar-refractivity contribution in [3.8, 4) is 16.9 Å². The summed E-state index contributed by atoms with van der Waals surface area (Å²) in [7, 11) is 1.62. The summed E-state index contributed by atoms with van der Waals surface area (Å²) in [5.74, 6) is 0.314. The highest BCUT2D eigenvalue weighted by Gasteiger charge is 2.12. The van der Waals surface area contributed by atoms with Gasteiger partial charge in [0, 0.05) is 11.3 Å². The number of rotatable bonds is 4. The first kappa shape index (κ1) is 14.7. The number of methoxy groups -OCH3 is 1. The first-order valence-electron chi connectivity index (χ1n) is 5.94. The molecule has 2 aromatic rings. The average Bonchev–Trinajstić information content (AvgIpc) is 2.47. The molecule has 0 spiro atoms. The van der Waals surface area contributed by atoms with Gasteiger partial charge < -0.3 is 10.1 Å². The van der Waals surface area contributed by atoms with Crippen LogP contribution >= 0.6 is 23.2 Å². The first-order valence-corrected chi connectivity index (χ1v) is 6.81. The van der Waals surface area contributed by atoms with Crippen LogP contribution in [0, 0.1) is 0 Å². The van der Waals surface area contributed by atoms with E-state index >= 15 is 0 Å². The summed E-state index contributed by atoms with van der Waals surface area (Å²) in [6, 6.07) is 15.1. The van der Waals surface area contributed by atoms with Crippen LogP contribution in [0.3, 0.4) is 0 Å². The minimum Gasteiger partial charge on any atom is -0.496 e. The zero-order valence-corrected chi connectivity index (χ0v) is 12.3. The van der Waals surface area contributed by atoms with Gasteiger partial charge in [-0.15, -0.1) is 0 Å². The standard InChI is InChI=1S/C15H13Cl2NO2/c1-20-13-8-3-2-7-12(13)10-5-4-6-11(9-10)18-15(19)14(16)17/h2-9,14H,1H3,(H,18,19). The fourth-order valence-electron chi connectivity index (χ4n) is 1.84. The van der Waals surface area contributed by atoms with Crippen molar-refractivity contribution in [3.63, 3.8) is 0 Å². The number of hydrogen-bond acceptors (Lipinski definition) is 2. The third-order valence-corrected chi connectivity index (χ3v) is 3.14. The zero-order valence-electron chi connectivity index (χ0n) is 10.8. The quantitative estimate of drug-likeness (QED) is 0.863. The van der Waals surface area contributed by atoms with Gasteiger partial charge in [-0.1, -0.05) is 53.5 Å². The summed E-state index contributed by atoms with van der Waals surface area (Å²) in [4.78, 5) is 10.4. The van der Waals surface area contributed by atoms with Crippen LogP contribution in [-0.4, -0.2) is 17.9 Å². The van der Waals surface area contributed by atoms with Gasteiger partial charge in [-0.05, 0) is 23.8 Å². The van der Waals surface area contributed by atoms with Crippen molar-refractivity contribution < 1.29 is 9.53 Å². The smallest absolute Gasteiger partial charge is 0.257 e. The van der Waals surface area contributed by atoms with E-state index in [1.807, 2.05) is 42.5 Å². The van der Waals surface area contributed by atoms with E-state index in [1.165, 1.54) is 0 Å². The highest BCUT2D eigenvalue weighted by atomic mass is 35.5. The lowest BCUT2D eigenvalue weighted by atomic mass is 10.0. The Morgan fingerprint density at radius 1 is 1.15 bits per heavy atom. The van der Waals surface area contributed by atoms with E-state index in [0.29, 0.717) is 5.69 Å². The Balaban J connectivity index is 2.32. The molecule has 0 fully saturated rings. The van der Waals surface area contributed by atoms with Crippen LogP contribution in [0.25, 0.3) is 11.1 Å².